The molecular formula is C28H30N2O4. The Labute approximate surface area is 199 Å². The van der Waals surface area contributed by atoms with E-state index >= 15 is 0 Å². The van der Waals surface area contributed by atoms with Gasteiger partial charge in [-0.25, -0.2) is 4.98 Å². The van der Waals surface area contributed by atoms with Crippen molar-refractivity contribution in [2.45, 2.75) is 33.6 Å². The molecule has 0 aliphatic heterocycles. The normalized spacial score (nSPS) is 11.3. The number of nitrogens with one attached hydrogen (secondary N) is 1. The van der Waals surface area contributed by atoms with E-state index in [4.69, 9.17) is 13.9 Å². The topological polar surface area (TPSA) is 73.6 Å². The SMILES string of the molecule is COc1ccc(-c2nc3cc(C(C)C)ccc3o2)cc1NC(=O)c1ccc(OCC(C)C)cc1. The number of hydrogen-bond acceptors (Lipinski definition) is 5. The fourth-order valence-corrected chi connectivity index (χ4v) is 3.53. The van der Waals surface area contributed by atoms with Crippen molar-refractivity contribution in [2.75, 3.05) is 19.0 Å². The van der Waals surface area contributed by atoms with Crippen LogP contribution in [0.3, 0.4) is 0 Å². The number of aromatic nitrogens is 1. The van der Waals surface area contributed by atoms with E-state index < -0.39 is 0 Å². The highest BCUT2D eigenvalue weighted by Gasteiger charge is 2.15. The number of fused-ring (bicyclic) bond motifs is 1. The third-order valence-corrected chi connectivity index (χ3v) is 5.47. The van der Waals surface area contributed by atoms with Crippen molar-refractivity contribution < 1.29 is 18.7 Å². The molecule has 3 aromatic carbocycles. The Balaban J connectivity index is 1.57. The largest absolute Gasteiger partial charge is 0.495 e. The van der Waals surface area contributed by atoms with Crippen LogP contribution in [0.5, 0.6) is 11.5 Å². The van der Waals surface area contributed by atoms with Gasteiger partial charge in [-0.3, -0.25) is 4.79 Å². The van der Waals surface area contributed by atoms with Crippen molar-refractivity contribution in [1.82, 2.24) is 4.98 Å². The Bertz CT molecular complexity index is 1290. The molecule has 0 radical (unpaired) electrons. The Hall–Kier alpha value is -3.80. The average molecular weight is 459 g/mol. The average Bonchev–Trinajstić information content (AvgIpc) is 3.26. The van der Waals surface area contributed by atoms with Gasteiger partial charge in [0.2, 0.25) is 5.89 Å². The summed E-state index contributed by atoms with van der Waals surface area (Å²) in [6.45, 7) is 9.10. The maximum atomic E-state index is 12.9. The molecule has 0 atom stereocenters. The van der Waals surface area contributed by atoms with E-state index in [9.17, 15) is 4.79 Å². The molecule has 176 valence electrons. The zero-order chi connectivity index (χ0) is 24.2. The van der Waals surface area contributed by atoms with E-state index in [1.807, 2.05) is 24.3 Å². The first-order chi connectivity index (χ1) is 16.3. The summed E-state index contributed by atoms with van der Waals surface area (Å²) in [6.07, 6.45) is 0. The number of methoxy groups -OCH3 is 1. The highest BCUT2D eigenvalue weighted by molar-refractivity contribution is 6.05. The predicted octanol–water partition coefficient (Wildman–Crippen LogP) is 6.91. The maximum absolute atomic E-state index is 12.9. The number of oxazole rings is 1. The Morgan fingerprint density at radius 3 is 2.44 bits per heavy atom. The van der Waals surface area contributed by atoms with E-state index in [-0.39, 0.29) is 5.91 Å². The van der Waals surface area contributed by atoms with Crippen molar-refractivity contribution >= 4 is 22.7 Å². The van der Waals surface area contributed by atoms with Crippen molar-refractivity contribution in [3.63, 3.8) is 0 Å². The van der Waals surface area contributed by atoms with E-state index in [1.54, 1.807) is 37.4 Å². The molecule has 6 nitrogen and oxygen atoms in total. The number of anilines is 1. The lowest BCUT2D eigenvalue weighted by Gasteiger charge is -2.12. The van der Waals surface area contributed by atoms with Gasteiger partial charge in [0.15, 0.2) is 5.58 Å². The zero-order valence-electron chi connectivity index (χ0n) is 20.2. The van der Waals surface area contributed by atoms with Crippen LogP contribution in [0.1, 0.15) is 49.5 Å². The molecule has 0 fully saturated rings. The summed E-state index contributed by atoms with van der Waals surface area (Å²) in [7, 11) is 1.57. The van der Waals surface area contributed by atoms with Crippen LogP contribution in [0.4, 0.5) is 5.69 Å². The minimum Gasteiger partial charge on any atom is -0.495 e. The van der Waals surface area contributed by atoms with Gasteiger partial charge in [-0.1, -0.05) is 33.8 Å². The quantitative estimate of drug-likeness (QED) is 0.310. The van der Waals surface area contributed by atoms with Gasteiger partial charge in [0.05, 0.1) is 19.4 Å². The van der Waals surface area contributed by atoms with Crippen LogP contribution in [-0.2, 0) is 0 Å². The highest BCUT2D eigenvalue weighted by atomic mass is 16.5. The smallest absolute Gasteiger partial charge is 0.255 e. The molecule has 0 saturated carbocycles. The molecule has 1 N–H and O–H groups in total. The van der Waals surface area contributed by atoms with Crippen LogP contribution in [0.25, 0.3) is 22.6 Å². The molecule has 0 unspecified atom stereocenters. The van der Waals surface area contributed by atoms with Gasteiger partial charge in [0, 0.05) is 11.1 Å². The molecule has 0 spiro atoms. The first-order valence-electron chi connectivity index (χ1n) is 11.5. The second-order valence-electron chi connectivity index (χ2n) is 9.00. The van der Waals surface area contributed by atoms with E-state index in [0.717, 1.165) is 22.4 Å². The van der Waals surface area contributed by atoms with Crippen LogP contribution in [0.15, 0.2) is 65.1 Å². The van der Waals surface area contributed by atoms with Crippen LogP contribution < -0.4 is 14.8 Å². The summed E-state index contributed by atoms with van der Waals surface area (Å²) in [4.78, 5) is 17.6. The van der Waals surface area contributed by atoms with E-state index in [1.165, 1.54) is 5.56 Å². The van der Waals surface area contributed by atoms with Gasteiger partial charge in [0.25, 0.3) is 5.91 Å². The first kappa shape index (κ1) is 23.4. The molecule has 6 heteroatoms. The number of ether oxygens (including phenoxy) is 2. The molecule has 4 aromatic rings. The number of carbonyl (C=O) groups excluding carboxylic acids is 1. The van der Waals surface area contributed by atoms with Gasteiger partial charge >= 0.3 is 0 Å². The highest BCUT2D eigenvalue weighted by Crippen LogP contribution is 2.33. The monoisotopic (exact) mass is 458 g/mol. The lowest BCUT2D eigenvalue weighted by molar-refractivity contribution is 0.102. The van der Waals surface area contributed by atoms with Gasteiger partial charge in [-0.15, -0.1) is 0 Å². The molecule has 1 heterocycles. The maximum Gasteiger partial charge on any atom is 0.255 e. The van der Waals surface area contributed by atoms with Crippen LogP contribution in [0.2, 0.25) is 0 Å². The summed E-state index contributed by atoms with van der Waals surface area (Å²) < 4.78 is 17.1. The van der Waals surface area contributed by atoms with E-state index in [0.29, 0.717) is 41.3 Å². The lowest BCUT2D eigenvalue weighted by Crippen LogP contribution is -2.13. The first-order valence-corrected chi connectivity index (χ1v) is 11.5. The fourth-order valence-electron chi connectivity index (χ4n) is 3.53. The minimum atomic E-state index is -0.245. The van der Waals surface area contributed by atoms with Gasteiger partial charge in [-0.05, 0) is 72.0 Å². The molecule has 0 bridgehead atoms. The van der Waals surface area contributed by atoms with Crippen molar-refractivity contribution in [1.29, 1.82) is 0 Å². The number of amides is 1. The second-order valence-corrected chi connectivity index (χ2v) is 9.00. The molecule has 0 aliphatic rings. The lowest BCUT2D eigenvalue weighted by atomic mass is 10.0. The standard InChI is InChI=1S/C28H30N2O4/c1-17(2)16-33-22-10-6-19(7-11-22)27(31)29-23-15-21(9-12-25(23)32-5)28-30-24-14-20(18(3)4)8-13-26(24)34-28/h6-15,17-18H,16H2,1-5H3,(H,29,31). The van der Waals surface area contributed by atoms with Crippen molar-refractivity contribution in [3.05, 3.63) is 71.8 Å². The van der Waals surface area contributed by atoms with Gasteiger partial charge in [-0.2, -0.15) is 0 Å². The fraction of sp³-hybridized carbons (Fsp3) is 0.286. The van der Waals surface area contributed by atoms with Crippen LogP contribution in [-0.4, -0.2) is 24.6 Å². The molecule has 1 amide bonds. The summed E-state index contributed by atoms with van der Waals surface area (Å²) in [5.41, 5.74) is 4.54. The molecule has 0 saturated heterocycles. The third-order valence-electron chi connectivity index (χ3n) is 5.47. The zero-order valence-corrected chi connectivity index (χ0v) is 20.2. The number of carbonyl (C=O) groups is 1. The number of hydrogen-bond donors (Lipinski definition) is 1. The third kappa shape index (κ3) is 5.22. The predicted molar refractivity (Wildman–Crippen MR) is 135 cm³/mol. The Kier molecular flexibility index (Phi) is 6.87. The number of benzene rings is 3. The minimum absolute atomic E-state index is 0.245. The summed E-state index contributed by atoms with van der Waals surface area (Å²) in [6, 6.07) is 18.6. The second kappa shape index (κ2) is 10.00. The number of rotatable bonds is 8. The van der Waals surface area contributed by atoms with Crippen molar-refractivity contribution in [2.24, 2.45) is 5.92 Å². The van der Waals surface area contributed by atoms with Gasteiger partial charge < -0.3 is 19.2 Å². The summed E-state index contributed by atoms with van der Waals surface area (Å²) >= 11 is 0. The van der Waals surface area contributed by atoms with E-state index in [2.05, 4.69) is 44.1 Å². The Morgan fingerprint density at radius 1 is 1.00 bits per heavy atom. The van der Waals surface area contributed by atoms with Gasteiger partial charge in [0.1, 0.15) is 17.0 Å². The summed E-state index contributed by atoms with van der Waals surface area (Å²) in [5.74, 6) is 2.36. The van der Waals surface area contributed by atoms with Crippen LogP contribution >= 0.6 is 0 Å². The van der Waals surface area contributed by atoms with Crippen LogP contribution in [0, 0.1) is 5.92 Å². The summed E-state index contributed by atoms with van der Waals surface area (Å²) in [5, 5.41) is 2.94. The Morgan fingerprint density at radius 2 is 1.76 bits per heavy atom. The molecular weight excluding hydrogens is 428 g/mol. The molecule has 1 aromatic heterocycles. The van der Waals surface area contributed by atoms with Crippen molar-refractivity contribution in [3.8, 4) is 23.0 Å². The molecule has 0 aliphatic carbocycles. The molecule has 4 rings (SSSR count). The molecule has 34 heavy (non-hydrogen) atoms. The number of nitrogens with zero attached hydrogens (tertiary/aromatic N) is 1.